The first kappa shape index (κ1) is 18.6. The maximum atomic E-state index is 12.1. The Hall–Kier alpha value is -0.420. The molecule has 0 aromatic heterocycles. The van der Waals surface area contributed by atoms with Crippen molar-refractivity contribution in [2.24, 2.45) is 11.3 Å². The lowest BCUT2D eigenvalue weighted by Gasteiger charge is -2.33. The number of esters is 1. The number of hydrogen-bond donors (Lipinski definition) is 2. The van der Waals surface area contributed by atoms with Gasteiger partial charge in [-0.3, -0.25) is 9.36 Å². The number of carbonyl (C=O) groups is 1. The quantitative estimate of drug-likeness (QED) is 0.383. The van der Waals surface area contributed by atoms with Crippen LogP contribution in [0.1, 0.15) is 34.1 Å². The minimum atomic E-state index is -4.06. The van der Waals surface area contributed by atoms with Crippen LogP contribution < -0.4 is 0 Å². The molecule has 0 saturated carbocycles. The summed E-state index contributed by atoms with van der Waals surface area (Å²) in [4.78, 5) is 29.6. The molecule has 0 aromatic carbocycles. The van der Waals surface area contributed by atoms with Gasteiger partial charge in [0.1, 0.15) is 0 Å². The van der Waals surface area contributed by atoms with Gasteiger partial charge in [0.25, 0.3) is 0 Å². The van der Waals surface area contributed by atoms with Crippen LogP contribution in [0.15, 0.2) is 0 Å². The lowest BCUT2D eigenvalue weighted by atomic mass is 9.75. The van der Waals surface area contributed by atoms with E-state index >= 15 is 0 Å². The van der Waals surface area contributed by atoms with Gasteiger partial charge >= 0.3 is 13.6 Å². The lowest BCUT2D eigenvalue weighted by molar-refractivity contribution is -0.163. The van der Waals surface area contributed by atoms with Crippen LogP contribution in [0.2, 0.25) is 0 Å². The first-order valence-corrected chi connectivity index (χ1v) is 8.29. The van der Waals surface area contributed by atoms with Gasteiger partial charge in [0, 0.05) is 0 Å². The van der Waals surface area contributed by atoms with Crippen molar-refractivity contribution in [1.82, 2.24) is 0 Å². The second-order valence-electron chi connectivity index (χ2n) is 4.83. The largest absolute Gasteiger partial charge is 0.465 e. The van der Waals surface area contributed by atoms with Crippen LogP contribution >= 0.6 is 7.60 Å². The van der Waals surface area contributed by atoms with Crippen molar-refractivity contribution in [3.63, 3.8) is 0 Å². The Balaban J connectivity index is 4.60. The molecule has 0 rings (SSSR count). The molecule has 0 aliphatic heterocycles. The van der Waals surface area contributed by atoms with E-state index < -0.39 is 13.0 Å². The van der Waals surface area contributed by atoms with E-state index in [9.17, 15) is 9.36 Å². The van der Waals surface area contributed by atoms with E-state index in [4.69, 9.17) is 19.3 Å². The summed E-state index contributed by atoms with van der Waals surface area (Å²) in [7, 11) is -4.06. The highest BCUT2D eigenvalue weighted by Crippen LogP contribution is 2.36. The predicted molar refractivity (Wildman–Crippen MR) is 71.9 cm³/mol. The average molecular weight is 296 g/mol. The number of carbonyl (C=O) groups excluding carboxylic acids is 1. The Bertz CT molecular complexity index is 324. The highest BCUT2D eigenvalue weighted by molar-refractivity contribution is 7.51. The summed E-state index contributed by atoms with van der Waals surface area (Å²) < 4.78 is 21.1. The topological polar surface area (TPSA) is 93.1 Å². The number of rotatable bonds is 9. The molecule has 0 amide bonds. The second kappa shape index (κ2) is 8.00. The van der Waals surface area contributed by atoms with E-state index in [0.29, 0.717) is 13.0 Å². The van der Waals surface area contributed by atoms with Gasteiger partial charge in [0.15, 0.2) is 0 Å². The van der Waals surface area contributed by atoms with Crippen molar-refractivity contribution < 1.29 is 28.6 Å². The zero-order chi connectivity index (χ0) is 15.1. The molecule has 114 valence electrons. The summed E-state index contributed by atoms with van der Waals surface area (Å²) in [6.45, 7) is 7.78. The van der Waals surface area contributed by atoms with E-state index in [0.717, 1.165) is 0 Å². The minimum Gasteiger partial charge on any atom is -0.465 e. The molecule has 1 atom stereocenters. The van der Waals surface area contributed by atoms with Crippen molar-refractivity contribution in [2.45, 2.75) is 34.1 Å². The van der Waals surface area contributed by atoms with Gasteiger partial charge in [0.2, 0.25) is 0 Å². The molecule has 0 saturated heterocycles. The zero-order valence-electron chi connectivity index (χ0n) is 12.1. The maximum Gasteiger partial charge on any atom is 0.327 e. The molecule has 0 bridgehead atoms. The Morgan fingerprint density at radius 2 is 1.89 bits per heavy atom. The molecule has 0 aliphatic rings. The first-order valence-electron chi connectivity index (χ1n) is 6.49. The number of hydrogen-bond acceptors (Lipinski definition) is 4. The molecule has 2 N–H and O–H groups in total. The third kappa shape index (κ3) is 6.04. The van der Waals surface area contributed by atoms with Gasteiger partial charge in [-0.05, 0) is 19.3 Å². The molecule has 7 heteroatoms. The van der Waals surface area contributed by atoms with Crippen LogP contribution in [-0.2, 0) is 18.8 Å². The van der Waals surface area contributed by atoms with Crippen LogP contribution in [0.3, 0.4) is 0 Å². The minimum absolute atomic E-state index is 0.0200. The summed E-state index contributed by atoms with van der Waals surface area (Å²) in [6, 6.07) is 0. The SMILES string of the molecule is CCOC(=O)C(CC)(COCCP(=O)(O)O)C(C)C. The van der Waals surface area contributed by atoms with E-state index in [1.165, 1.54) is 0 Å². The summed E-state index contributed by atoms with van der Waals surface area (Å²) in [5.41, 5.74) is -0.759. The molecule has 0 aromatic rings. The van der Waals surface area contributed by atoms with E-state index in [1.54, 1.807) is 6.92 Å². The van der Waals surface area contributed by atoms with Crippen molar-refractivity contribution in [3.05, 3.63) is 0 Å². The van der Waals surface area contributed by atoms with Crippen molar-refractivity contribution in [1.29, 1.82) is 0 Å². The summed E-state index contributed by atoms with van der Waals surface area (Å²) >= 11 is 0. The van der Waals surface area contributed by atoms with Gasteiger partial charge in [-0.25, -0.2) is 0 Å². The molecule has 19 heavy (non-hydrogen) atoms. The Morgan fingerprint density at radius 3 is 2.26 bits per heavy atom. The fraction of sp³-hybridized carbons (Fsp3) is 0.917. The third-order valence-corrected chi connectivity index (χ3v) is 4.07. The molecule has 6 nitrogen and oxygen atoms in total. The molecule has 0 spiro atoms. The Labute approximate surface area is 114 Å². The number of ether oxygens (including phenoxy) is 2. The van der Waals surface area contributed by atoms with Crippen LogP contribution in [0.4, 0.5) is 0 Å². The summed E-state index contributed by atoms with van der Waals surface area (Å²) in [5.74, 6) is -0.296. The molecule has 0 heterocycles. The molecule has 0 radical (unpaired) electrons. The predicted octanol–water partition coefficient (Wildman–Crippen LogP) is 1.80. The fourth-order valence-corrected chi connectivity index (χ4v) is 2.20. The second-order valence-corrected chi connectivity index (χ2v) is 6.60. The molecular weight excluding hydrogens is 271 g/mol. The highest BCUT2D eigenvalue weighted by atomic mass is 31.2. The zero-order valence-corrected chi connectivity index (χ0v) is 13.0. The van der Waals surface area contributed by atoms with Crippen molar-refractivity contribution in [2.75, 3.05) is 26.0 Å². The summed E-state index contributed by atoms with van der Waals surface area (Å²) in [5, 5.41) is 0. The first-order chi connectivity index (χ1) is 8.69. The van der Waals surface area contributed by atoms with Gasteiger partial charge in [0.05, 0.1) is 31.4 Å². The van der Waals surface area contributed by atoms with Gasteiger partial charge in [-0.1, -0.05) is 20.8 Å². The molecular formula is C12H25O6P. The maximum absolute atomic E-state index is 12.1. The Kier molecular flexibility index (Phi) is 7.82. The fourth-order valence-electron chi connectivity index (χ4n) is 1.83. The molecule has 0 fully saturated rings. The van der Waals surface area contributed by atoms with Crippen LogP contribution in [0.5, 0.6) is 0 Å². The lowest BCUT2D eigenvalue weighted by Crippen LogP contribution is -2.42. The van der Waals surface area contributed by atoms with E-state index in [2.05, 4.69) is 0 Å². The standard InChI is InChI=1S/C12H25O6P/c1-5-12(10(3)4,11(13)18-6-2)9-17-7-8-19(14,15)16/h10H,5-9H2,1-4H3,(H2,14,15,16). The van der Waals surface area contributed by atoms with E-state index in [1.807, 2.05) is 20.8 Å². The highest BCUT2D eigenvalue weighted by Gasteiger charge is 2.41. The van der Waals surface area contributed by atoms with Crippen LogP contribution in [0.25, 0.3) is 0 Å². The third-order valence-electron chi connectivity index (χ3n) is 3.30. The van der Waals surface area contributed by atoms with Gasteiger partial charge < -0.3 is 19.3 Å². The van der Waals surface area contributed by atoms with Crippen LogP contribution in [0, 0.1) is 11.3 Å². The Morgan fingerprint density at radius 1 is 1.32 bits per heavy atom. The monoisotopic (exact) mass is 296 g/mol. The normalized spacial score (nSPS) is 15.3. The van der Waals surface area contributed by atoms with Gasteiger partial charge in [-0.2, -0.15) is 0 Å². The van der Waals surface area contributed by atoms with Crippen LogP contribution in [-0.4, -0.2) is 41.7 Å². The van der Waals surface area contributed by atoms with E-state index in [-0.39, 0.29) is 31.3 Å². The van der Waals surface area contributed by atoms with Gasteiger partial charge in [-0.15, -0.1) is 0 Å². The molecule has 1 unspecified atom stereocenters. The van der Waals surface area contributed by atoms with Crippen molar-refractivity contribution >= 4 is 13.6 Å². The average Bonchev–Trinajstić information content (AvgIpc) is 2.28. The van der Waals surface area contributed by atoms with Crippen molar-refractivity contribution in [3.8, 4) is 0 Å². The summed E-state index contributed by atoms with van der Waals surface area (Å²) in [6.07, 6.45) is 0.215. The molecule has 0 aliphatic carbocycles. The smallest absolute Gasteiger partial charge is 0.327 e.